The molecule has 0 aliphatic carbocycles. The number of nitrogens with two attached hydrogens (primary N) is 1. The van der Waals surface area contributed by atoms with Crippen LogP contribution in [0.25, 0.3) is 0 Å². The van der Waals surface area contributed by atoms with Crippen molar-refractivity contribution in [2.75, 3.05) is 11.9 Å². The van der Waals surface area contributed by atoms with Gasteiger partial charge in [-0.3, -0.25) is 0 Å². The van der Waals surface area contributed by atoms with Crippen molar-refractivity contribution in [1.29, 1.82) is 0 Å². The van der Waals surface area contributed by atoms with E-state index in [1.165, 1.54) is 0 Å². The van der Waals surface area contributed by atoms with E-state index in [0.717, 1.165) is 11.4 Å². The first-order valence-electron chi connectivity index (χ1n) is 4.63. The van der Waals surface area contributed by atoms with Gasteiger partial charge >= 0.3 is 0 Å². The zero-order valence-corrected chi connectivity index (χ0v) is 8.71. The lowest BCUT2D eigenvalue weighted by Gasteiger charge is -2.32. The van der Waals surface area contributed by atoms with Gasteiger partial charge in [0.2, 0.25) is 0 Å². The highest BCUT2D eigenvalue weighted by Crippen LogP contribution is 2.33. The lowest BCUT2D eigenvalue weighted by atomic mass is 10.1. The van der Waals surface area contributed by atoms with Gasteiger partial charge in [0.1, 0.15) is 11.9 Å². The molecule has 0 fully saturated rings. The van der Waals surface area contributed by atoms with E-state index >= 15 is 0 Å². The molecule has 0 saturated carbocycles. The molecule has 1 aliphatic heterocycles. The van der Waals surface area contributed by atoms with Crippen molar-refractivity contribution in [2.45, 2.75) is 19.1 Å². The van der Waals surface area contributed by atoms with Gasteiger partial charge in [-0.15, -0.1) is 0 Å². The van der Waals surface area contributed by atoms with Crippen molar-refractivity contribution in [3.8, 4) is 5.75 Å². The number of fused-ring (bicyclic) bond motifs is 1. The van der Waals surface area contributed by atoms with Gasteiger partial charge < -0.3 is 15.8 Å². The van der Waals surface area contributed by atoms with Crippen molar-refractivity contribution in [1.82, 2.24) is 0 Å². The van der Waals surface area contributed by atoms with Gasteiger partial charge in [-0.25, -0.2) is 0 Å². The number of ether oxygens (including phenoxy) is 1. The molecule has 3 N–H and O–H groups in total. The zero-order valence-electron chi connectivity index (χ0n) is 7.96. The molecular formula is C10H13ClN2O. The fourth-order valence-corrected chi connectivity index (χ4v) is 1.75. The second-order valence-corrected chi connectivity index (χ2v) is 3.90. The summed E-state index contributed by atoms with van der Waals surface area (Å²) < 4.78 is 5.70. The summed E-state index contributed by atoms with van der Waals surface area (Å²) in [7, 11) is 0. The Balaban J connectivity index is 2.30. The van der Waals surface area contributed by atoms with Crippen LogP contribution in [-0.2, 0) is 0 Å². The minimum absolute atomic E-state index is 0.0312. The number of halogens is 1. The highest BCUT2D eigenvalue weighted by Gasteiger charge is 2.24. The second kappa shape index (κ2) is 3.67. The van der Waals surface area contributed by atoms with Gasteiger partial charge in [0.25, 0.3) is 0 Å². The predicted octanol–water partition coefficient (Wildman–Crippen LogP) is 1.86. The van der Waals surface area contributed by atoms with Crippen LogP contribution in [0.4, 0.5) is 5.69 Å². The Morgan fingerprint density at radius 3 is 3.07 bits per heavy atom. The normalized spacial score (nSPS) is 24.8. The minimum Gasteiger partial charge on any atom is -0.485 e. The molecule has 2 unspecified atom stereocenters. The van der Waals surface area contributed by atoms with Gasteiger partial charge in [0.15, 0.2) is 0 Å². The van der Waals surface area contributed by atoms with Crippen LogP contribution in [0.15, 0.2) is 18.2 Å². The first kappa shape index (κ1) is 9.62. The molecule has 1 aliphatic rings. The van der Waals surface area contributed by atoms with E-state index in [2.05, 4.69) is 5.32 Å². The van der Waals surface area contributed by atoms with Gasteiger partial charge in [-0.05, 0) is 25.1 Å². The number of rotatable bonds is 1. The van der Waals surface area contributed by atoms with E-state index in [1.54, 1.807) is 0 Å². The molecule has 2 atom stereocenters. The summed E-state index contributed by atoms with van der Waals surface area (Å²) in [6.45, 7) is 2.55. The Morgan fingerprint density at radius 2 is 2.36 bits per heavy atom. The van der Waals surface area contributed by atoms with Crippen LogP contribution in [0.2, 0.25) is 5.02 Å². The molecule has 0 amide bonds. The van der Waals surface area contributed by atoms with E-state index in [9.17, 15) is 0 Å². The topological polar surface area (TPSA) is 47.3 Å². The van der Waals surface area contributed by atoms with Crippen LogP contribution in [0.3, 0.4) is 0 Å². The Kier molecular flexibility index (Phi) is 2.52. The van der Waals surface area contributed by atoms with Crippen molar-refractivity contribution in [3.63, 3.8) is 0 Å². The summed E-state index contributed by atoms with van der Waals surface area (Å²) in [5, 5.41) is 4.02. The predicted molar refractivity (Wildman–Crippen MR) is 58.0 cm³/mol. The maximum Gasteiger partial charge on any atom is 0.143 e. The molecule has 76 valence electrons. The summed E-state index contributed by atoms with van der Waals surface area (Å²) >= 11 is 5.87. The standard InChI is InChI=1S/C10H13ClN2O/c1-6-10(5-12)14-9-3-2-7(11)4-8(9)13-6/h2-4,6,10,13H,5,12H2,1H3. The summed E-state index contributed by atoms with van der Waals surface area (Å²) in [4.78, 5) is 0. The SMILES string of the molecule is CC1Nc2cc(Cl)ccc2OC1CN. The Hall–Kier alpha value is -0.930. The number of nitrogens with one attached hydrogen (secondary N) is 1. The van der Waals surface area contributed by atoms with E-state index in [4.69, 9.17) is 22.1 Å². The average molecular weight is 213 g/mol. The van der Waals surface area contributed by atoms with E-state index in [0.29, 0.717) is 11.6 Å². The molecule has 3 nitrogen and oxygen atoms in total. The third-order valence-corrected chi connectivity index (χ3v) is 2.63. The lowest BCUT2D eigenvalue weighted by Crippen LogP contribution is -2.44. The van der Waals surface area contributed by atoms with Crippen LogP contribution in [0.5, 0.6) is 5.75 Å². The van der Waals surface area contributed by atoms with Gasteiger partial charge in [0, 0.05) is 11.6 Å². The third-order valence-electron chi connectivity index (χ3n) is 2.39. The third kappa shape index (κ3) is 1.65. The number of benzene rings is 1. The highest BCUT2D eigenvalue weighted by molar-refractivity contribution is 6.30. The first-order chi connectivity index (χ1) is 6.70. The highest BCUT2D eigenvalue weighted by atomic mass is 35.5. The quantitative estimate of drug-likeness (QED) is 0.747. The monoisotopic (exact) mass is 212 g/mol. The van der Waals surface area contributed by atoms with Gasteiger partial charge in [0.05, 0.1) is 11.7 Å². The summed E-state index contributed by atoms with van der Waals surface area (Å²) in [5.74, 6) is 0.822. The molecule has 14 heavy (non-hydrogen) atoms. The number of hydrogen-bond donors (Lipinski definition) is 2. The van der Waals surface area contributed by atoms with Crippen molar-refractivity contribution in [2.24, 2.45) is 5.73 Å². The van der Waals surface area contributed by atoms with Gasteiger partial charge in [-0.1, -0.05) is 11.6 Å². The van der Waals surface area contributed by atoms with Crippen LogP contribution in [0.1, 0.15) is 6.92 Å². The summed E-state index contributed by atoms with van der Waals surface area (Å²) in [6, 6.07) is 5.75. The average Bonchev–Trinajstić information content (AvgIpc) is 2.16. The Bertz CT molecular complexity index is 343. The summed E-state index contributed by atoms with van der Waals surface area (Å²) in [5.41, 5.74) is 6.53. The largest absolute Gasteiger partial charge is 0.485 e. The zero-order chi connectivity index (χ0) is 10.1. The number of hydrogen-bond acceptors (Lipinski definition) is 3. The molecule has 0 radical (unpaired) electrons. The lowest BCUT2D eigenvalue weighted by molar-refractivity contribution is 0.182. The fraction of sp³-hybridized carbons (Fsp3) is 0.400. The fourth-order valence-electron chi connectivity index (χ4n) is 1.57. The van der Waals surface area contributed by atoms with Crippen LogP contribution in [0, 0.1) is 0 Å². The van der Waals surface area contributed by atoms with Crippen LogP contribution >= 0.6 is 11.6 Å². The maximum atomic E-state index is 5.87. The molecule has 0 spiro atoms. The maximum absolute atomic E-state index is 5.87. The molecule has 4 heteroatoms. The van der Waals surface area contributed by atoms with E-state index < -0.39 is 0 Å². The molecule has 0 saturated heterocycles. The molecular weight excluding hydrogens is 200 g/mol. The molecule has 1 heterocycles. The Morgan fingerprint density at radius 1 is 1.57 bits per heavy atom. The molecule has 0 bridgehead atoms. The molecule has 1 aromatic rings. The number of anilines is 1. The Labute approximate surface area is 88.2 Å². The summed E-state index contributed by atoms with van der Waals surface area (Å²) in [6.07, 6.45) is 0.0312. The van der Waals surface area contributed by atoms with Crippen molar-refractivity contribution in [3.05, 3.63) is 23.2 Å². The van der Waals surface area contributed by atoms with Gasteiger partial charge in [-0.2, -0.15) is 0 Å². The van der Waals surface area contributed by atoms with Crippen molar-refractivity contribution >= 4 is 17.3 Å². The van der Waals surface area contributed by atoms with E-state index in [1.807, 2.05) is 25.1 Å². The molecule has 2 rings (SSSR count). The smallest absolute Gasteiger partial charge is 0.143 e. The van der Waals surface area contributed by atoms with Crippen molar-refractivity contribution < 1.29 is 4.74 Å². The molecule has 0 aromatic heterocycles. The molecule has 1 aromatic carbocycles. The van der Waals surface area contributed by atoms with E-state index in [-0.39, 0.29) is 12.1 Å². The minimum atomic E-state index is 0.0312. The van der Waals surface area contributed by atoms with Crippen LogP contribution in [-0.4, -0.2) is 18.7 Å². The van der Waals surface area contributed by atoms with Crippen LogP contribution < -0.4 is 15.8 Å². The second-order valence-electron chi connectivity index (χ2n) is 3.47. The first-order valence-corrected chi connectivity index (χ1v) is 5.01.